The summed E-state index contributed by atoms with van der Waals surface area (Å²) in [6.45, 7) is 11.3. The molecule has 0 bridgehead atoms. The Bertz CT molecular complexity index is 2560. The number of alkyl halides is 6. The summed E-state index contributed by atoms with van der Waals surface area (Å²) in [5.74, 6) is -7.17. The molecule has 2 aliphatic rings. The van der Waals surface area contributed by atoms with E-state index in [1.807, 2.05) is 0 Å². The van der Waals surface area contributed by atoms with E-state index in [9.17, 15) is 41.5 Å². The molecule has 2 aromatic heterocycles. The van der Waals surface area contributed by atoms with Crippen molar-refractivity contribution in [2.45, 2.75) is 153 Å². The highest BCUT2D eigenvalue weighted by atomic mass is 19.3. The van der Waals surface area contributed by atoms with E-state index in [2.05, 4.69) is 36.1 Å². The average Bonchev–Trinajstić information content (AvgIpc) is 4.21. The molecule has 20 nitrogen and oxygen atoms in total. The molecule has 26 heteroatoms. The number of ether oxygens (including phenoxy) is 3. The SMILES string of the molecule is CC(C)(C)OC(=O)NC(C)(C)C(=O)N[C@H](CCC(F)(F)c1ccccc1)c1ncnn1CCOC(=O)N1CC[C@@H](F)C1.CC(C)(N)C(=O)N[C@H](CCC(F)(F)c1ccccc1)c1ncnn1CCOC(=O)N1CC[C@@H](F)C1. The molecule has 0 saturated carbocycles. The zero-order valence-electron chi connectivity index (χ0n) is 44.3. The van der Waals surface area contributed by atoms with Crippen molar-refractivity contribution in [1.29, 1.82) is 0 Å². The maximum atomic E-state index is 15.1. The van der Waals surface area contributed by atoms with Crippen molar-refractivity contribution in [3.8, 4) is 0 Å². The summed E-state index contributed by atoms with van der Waals surface area (Å²) in [7, 11) is 0. The van der Waals surface area contributed by atoms with Gasteiger partial charge in [-0.25, -0.2) is 60.1 Å². The van der Waals surface area contributed by atoms with Crippen LogP contribution in [-0.4, -0.2) is 138 Å². The van der Waals surface area contributed by atoms with E-state index in [-0.39, 0.29) is 101 Å². The molecule has 424 valence electrons. The Hall–Kier alpha value is -6.99. The van der Waals surface area contributed by atoms with E-state index in [0.29, 0.717) is 0 Å². The van der Waals surface area contributed by atoms with Crippen molar-refractivity contribution in [2.75, 3.05) is 39.4 Å². The first-order valence-corrected chi connectivity index (χ1v) is 25.2. The highest BCUT2D eigenvalue weighted by Crippen LogP contribution is 2.37. The van der Waals surface area contributed by atoms with Gasteiger partial charge in [0, 0.05) is 37.1 Å². The number of carbonyl (C=O) groups is 5. The van der Waals surface area contributed by atoms with Gasteiger partial charge in [0.2, 0.25) is 11.8 Å². The zero-order valence-corrected chi connectivity index (χ0v) is 44.3. The number of likely N-dealkylation sites (tertiary alicyclic amines) is 2. The van der Waals surface area contributed by atoms with Crippen LogP contribution in [-0.2, 0) is 48.7 Å². The Morgan fingerprint density at radius 1 is 0.649 bits per heavy atom. The first-order chi connectivity index (χ1) is 36.0. The number of nitrogens with zero attached hydrogens (tertiary/aromatic N) is 8. The first-order valence-electron chi connectivity index (χ1n) is 25.2. The molecule has 5 N–H and O–H groups in total. The Morgan fingerprint density at radius 2 is 1.05 bits per heavy atom. The number of nitrogens with two attached hydrogens (primary N) is 1. The van der Waals surface area contributed by atoms with Gasteiger partial charge in [-0.2, -0.15) is 10.2 Å². The number of hydrogen-bond acceptors (Lipinski definition) is 13. The van der Waals surface area contributed by atoms with Crippen molar-refractivity contribution in [2.24, 2.45) is 5.73 Å². The predicted molar refractivity (Wildman–Crippen MR) is 268 cm³/mol. The molecule has 77 heavy (non-hydrogen) atoms. The molecule has 2 fully saturated rings. The van der Waals surface area contributed by atoms with Crippen LogP contribution >= 0.6 is 0 Å². The molecule has 2 aromatic carbocycles. The quantitative estimate of drug-likeness (QED) is 0.0470. The van der Waals surface area contributed by atoms with Crippen molar-refractivity contribution in [1.82, 2.24) is 55.3 Å². The van der Waals surface area contributed by atoms with Crippen LogP contribution in [0.1, 0.15) is 122 Å². The molecule has 4 heterocycles. The van der Waals surface area contributed by atoms with Gasteiger partial charge in [-0.15, -0.1) is 0 Å². The highest BCUT2D eigenvalue weighted by Gasteiger charge is 2.39. The van der Waals surface area contributed by atoms with Gasteiger partial charge in [0.05, 0.1) is 43.8 Å². The second-order valence-electron chi connectivity index (χ2n) is 20.8. The van der Waals surface area contributed by atoms with Gasteiger partial charge in [-0.3, -0.25) is 9.59 Å². The molecule has 4 atom stereocenters. The molecular weight excluding hydrogens is 1020 g/mol. The van der Waals surface area contributed by atoms with Crippen molar-refractivity contribution in [3.05, 3.63) is 96.1 Å². The smallest absolute Gasteiger partial charge is 0.409 e. The number of alkyl carbamates (subject to hydrolysis) is 1. The lowest BCUT2D eigenvalue weighted by atomic mass is 9.98. The number of amides is 5. The van der Waals surface area contributed by atoms with Gasteiger partial charge < -0.3 is 45.7 Å². The van der Waals surface area contributed by atoms with Crippen LogP contribution < -0.4 is 21.7 Å². The maximum absolute atomic E-state index is 15.1. The van der Waals surface area contributed by atoms with E-state index < -0.39 is 95.9 Å². The van der Waals surface area contributed by atoms with Crippen LogP contribution in [0.15, 0.2) is 73.3 Å². The lowest BCUT2D eigenvalue weighted by Gasteiger charge is -2.30. The number of aromatic nitrogens is 6. The third-order valence-corrected chi connectivity index (χ3v) is 12.2. The third kappa shape index (κ3) is 18.6. The zero-order chi connectivity index (χ0) is 56.8. The molecule has 0 aliphatic carbocycles. The summed E-state index contributed by atoms with van der Waals surface area (Å²) in [5, 5.41) is 16.1. The van der Waals surface area contributed by atoms with E-state index in [1.54, 1.807) is 32.9 Å². The third-order valence-electron chi connectivity index (χ3n) is 12.2. The summed E-state index contributed by atoms with van der Waals surface area (Å²) in [5.41, 5.74) is 2.05. The lowest BCUT2D eigenvalue weighted by molar-refractivity contribution is -0.127. The largest absolute Gasteiger partial charge is 0.447 e. The predicted octanol–water partition coefficient (Wildman–Crippen LogP) is 7.42. The van der Waals surface area contributed by atoms with E-state index in [4.69, 9.17) is 19.9 Å². The molecule has 4 aromatic rings. The molecular formula is C51H70F6N12O8. The monoisotopic (exact) mass is 1090 g/mol. The van der Waals surface area contributed by atoms with E-state index in [1.165, 1.54) is 108 Å². The Balaban J connectivity index is 0.000000289. The minimum absolute atomic E-state index is 0.00792. The summed E-state index contributed by atoms with van der Waals surface area (Å²) < 4.78 is 105. The molecule has 0 radical (unpaired) electrons. The molecule has 6 rings (SSSR count). The van der Waals surface area contributed by atoms with Crippen LogP contribution in [0.2, 0.25) is 0 Å². The average molecular weight is 1090 g/mol. The van der Waals surface area contributed by atoms with E-state index in [0.717, 1.165) is 0 Å². The minimum atomic E-state index is -3.21. The first kappa shape index (κ1) is 60.9. The topological polar surface area (TPSA) is 243 Å². The van der Waals surface area contributed by atoms with Gasteiger partial charge in [-0.05, 0) is 74.1 Å². The Morgan fingerprint density at radius 3 is 1.42 bits per heavy atom. The van der Waals surface area contributed by atoms with Crippen molar-refractivity contribution < 1.29 is 64.5 Å². The van der Waals surface area contributed by atoms with Crippen LogP contribution in [0, 0.1) is 0 Å². The maximum Gasteiger partial charge on any atom is 0.409 e. The number of benzene rings is 2. The Labute approximate surface area is 443 Å². The van der Waals surface area contributed by atoms with Crippen LogP contribution in [0.3, 0.4) is 0 Å². The molecule has 0 unspecified atom stereocenters. The standard InChI is InChI=1S/C28H39F3N6O5.C23H31F3N6O3/c1-26(2,3)42-24(39)35-27(4,5)23(38)34-21(11-13-28(30,31)19-9-7-6-8-10-19)22-32-18-33-37(22)15-16-41-25(40)36-14-12-20(29)17-36;1-22(2,27)20(33)30-18(8-10-23(25,26)16-6-4-3-5-7-16)19-28-15-29-32(19)12-13-35-21(34)31-11-9-17(24)14-31/h6-10,18,20-21H,11-17H2,1-5H3,(H,34,38)(H,35,39);3-7,15,17-18H,8-14,27H2,1-2H3,(H,30,33)/t20-,21-;17-,18-/m11/s1. The molecule has 2 saturated heterocycles. The van der Waals surface area contributed by atoms with Gasteiger partial charge in [0.15, 0.2) is 0 Å². The molecule has 0 spiro atoms. The number of rotatable bonds is 21. The number of carbonyl (C=O) groups excluding carboxylic acids is 5. The number of hydrogen-bond donors (Lipinski definition) is 4. The lowest BCUT2D eigenvalue weighted by Crippen LogP contribution is -2.56. The Kier molecular flexibility index (Phi) is 20.8. The minimum Gasteiger partial charge on any atom is -0.447 e. The summed E-state index contributed by atoms with van der Waals surface area (Å²) in [4.78, 5) is 73.4. The van der Waals surface area contributed by atoms with Crippen LogP contribution in [0.25, 0.3) is 0 Å². The number of nitrogens with one attached hydrogen (secondary N) is 3. The second-order valence-corrected chi connectivity index (χ2v) is 20.8. The fourth-order valence-electron chi connectivity index (χ4n) is 7.95. The summed E-state index contributed by atoms with van der Waals surface area (Å²) >= 11 is 0. The number of halogens is 6. The van der Waals surface area contributed by atoms with Gasteiger partial charge in [0.25, 0.3) is 11.8 Å². The van der Waals surface area contributed by atoms with E-state index >= 15 is 8.78 Å². The normalized spacial score (nSPS) is 16.9. The van der Waals surface area contributed by atoms with Crippen LogP contribution in [0.5, 0.6) is 0 Å². The summed E-state index contributed by atoms with van der Waals surface area (Å²) in [6, 6.07) is 12.8. The highest BCUT2D eigenvalue weighted by molar-refractivity contribution is 5.89. The fraction of sp³-hybridized carbons (Fsp3) is 0.588. The second kappa shape index (κ2) is 26.4. The van der Waals surface area contributed by atoms with Crippen LogP contribution in [0.4, 0.5) is 40.7 Å². The molecule has 5 amide bonds. The van der Waals surface area contributed by atoms with Crippen molar-refractivity contribution in [3.63, 3.8) is 0 Å². The van der Waals surface area contributed by atoms with Crippen molar-refractivity contribution >= 4 is 30.1 Å². The fourth-order valence-corrected chi connectivity index (χ4v) is 7.95. The summed E-state index contributed by atoms with van der Waals surface area (Å²) in [6.07, 6.45) is -2.91. The van der Waals surface area contributed by atoms with Gasteiger partial charge >= 0.3 is 18.3 Å². The molecule has 2 aliphatic heterocycles. The van der Waals surface area contributed by atoms with Gasteiger partial charge in [0.1, 0.15) is 61.0 Å². The van der Waals surface area contributed by atoms with Gasteiger partial charge in [-0.1, -0.05) is 60.7 Å².